The molecule has 5 heteroatoms. The van der Waals surface area contributed by atoms with Crippen molar-refractivity contribution >= 4 is 16.9 Å². The molecule has 19 heavy (non-hydrogen) atoms. The van der Waals surface area contributed by atoms with Crippen LogP contribution in [0.2, 0.25) is 0 Å². The second-order valence-corrected chi connectivity index (χ2v) is 5.33. The SMILES string of the molecule is C=CCC1(Nc2ncnc3c2cnn3C)CCCC1. The Bertz CT molecular complexity index is 595. The molecular weight excluding hydrogens is 238 g/mol. The molecule has 1 aliphatic rings. The highest BCUT2D eigenvalue weighted by atomic mass is 15.3. The van der Waals surface area contributed by atoms with Crippen molar-refractivity contribution in [2.24, 2.45) is 7.05 Å². The Morgan fingerprint density at radius 3 is 2.95 bits per heavy atom. The molecule has 2 aromatic heterocycles. The Balaban J connectivity index is 1.98. The third-order valence-electron chi connectivity index (χ3n) is 4.01. The zero-order valence-corrected chi connectivity index (χ0v) is 11.3. The molecular formula is C14H19N5. The summed E-state index contributed by atoms with van der Waals surface area (Å²) < 4.78 is 1.77. The van der Waals surface area contributed by atoms with Gasteiger partial charge in [0, 0.05) is 12.6 Å². The van der Waals surface area contributed by atoms with Crippen LogP contribution in [0.1, 0.15) is 32.1 Å². The molecule has 2 heterocycles. The molecule has 0 unspecified atom stereocenters. The van der Waals surface area contributed by atoms with Crippen LogP contribution in [0.4, 0.5) is 5.82 Å². The summed E-state index contributed by atoms with van der Waals surface area (Å²) in [6, 6.07) is 0. The van der Waals surface area contributed by atoms with Crippen molar-refractivity contribution in [2.45, 2.75) is 37.6 Å². The minimum Gasteiger partial charge on any atom is -0.364 e. The highest BCUT2D eigenvalue weighted by Gasteiger charge is 2.33. The lowest BCUT2D eigenvalue weighted by Gasteiger charge is -2.30. The molecule has 0 atom stereocenters. The summed E-state index contributed by atoms with van der Waals surface area (Å²) in [6.07, 6.45) is 11.3. The molecule has 0 radical (unpaired) electrons. The molecule has 0 saturated heterocycles. The minimum atomic E-state index is 0.110. The summed E-state index contributed by atoms with van der Waals surface area (Å²) in [5.74, 6) is 0.891. The van der Waals surface area contributed by atoms with E-state index < -0.39 is 0 Å². The second-order valence-electron chi connectivity index (χ2n) is 5.33. The van der Waals surface area contributed by atoms with Crippen molar-refractivity contribution in [3.05, 3.63) is 25.2 Å². The molecule has 1 N–H and O–H groups in total. The smallest absolute Gasteiger partial charge is 0.163 e. The van der Waals surface area contributed by atoms with E-state index in [0.717, 1.165) is 23.3 Å². The molecule has 2 aromatic rings. The molecule has 0 bridgehead atoms. The highest BCUT2D eigenvalue weighted by molar-refractivity contribution is 5.86. The van der Waals surface area contributed by atoms with E-state index in [4.69, 9.17) is 0 Å². The van der Waals surface area contributed by atoms with Crippen LogP contribution in [-0.2, 0) is 7.05 Å². The number of aromatic nitrogens is 4. The van der Waals surface area contributed by atoms with Crippen LogP contribution >= 0.6 is 0 Å². The van der Waals surface area contributed by atoms with Gasteiger partial charge in [0.05, 0.1) is 11.6 Å². The molecule has 3 rings (SSSR count). The van der Waals surface area contributed by atoms with E-state index in [9.17, 15) is 0 Å². The first-order valence-electron chi connectivity index (χ1n) is 6.76. The van der Waals surface area contributed by atoms with Gasteiger partial charge in [-0.15, -0.1) is 6.58 Å². The normalized spacial score (nSPS) is 17.7. The summed E-state index contributed by atoms with van der Waals surface area (Å²) in [7, 11) is 1.90. The topological polar surface area (TPSA) is 55.6 Å². The largest absolute Gasteiger partial charge is 0.364 e. The van der Waals surface area contributed by atoms with Crippen LogP contribution in [0.25, 0.3) is 11.0 Å². The van der Waals surface area contributed by atoms with Crippen molar-refractivity contribution < 1.29 is 0 Å². The average molecular weight is 257 g/mol. The van der Waals surface area contributed by atoms with Crippen LogP contribution in [0.15, 0.2) is 25.2 Å². The van der Waals surface area contributed by atoms with Crippen molar-refractivity contribution in [1.82, 2.24) is 19.7 Å². The standard InChI is InChI=1S/C14H19N5/c1-3-6-14(7-4-5-8-14)18-12-11-9-17-19(2)13(11)16-10-15-12/h3,9-10H,1,4-8H2,2H3,(H,15,16,18). The fraction of sp³-hybridized carbons (Fsp3) is 0.500. The lowest BCUT2D eigenvalue weighted by molar-refractivity contribution is 0.487. The molecule has 5 nitrogen and oxygen atoms in total. The molecule has 1 saturated carbocycles. The minimum absolute atomic E-state index is 0.110. The van der Waals surface area contributed by atoms with Crippen LogP contribution in [0.5, 0.6) is 0 Å². The predicted molar refractivity (Wildman–Crippen MR) is 75.9 cm³/mol. The van der Waals surface area contributed by atoms with Crippen LogP contribution in [0.3, 0.4) is 0 Å². The third kappa shape index (κ3) is 2.09. The van der Waals surface area contributed by atoms with Crippen molar-refractivity contribution in [1.29, 1.82) is 0 Å². The lowest BCUT2D eigenvalue weighted by atomic mass is 9.93. The van der Waals surface area contributed by atoms with Crippen molar-refractivity contribution in [3.8, 4) is 0 Å². The highest BCUT2D eigenvalue weighted by Crippen LogP contribution is 2.36. The Morgan fingerprint density at radius 1 is 1.42 bits per heavy atom. The summed E-state index contributed by atoms with van der Waals surface area (Å²) >= 11 is 0. The molecule has 1 fully saturated rings. The second kappa shape index (κ2) is 4.64. The zero-order chi connectivity index (χ0) is 13.3. The van der Waals surface area contributed by atoms with E-state index in [0.29, 0.717) is 0 Å². The Hall–Kier alpha value is -1.91. The van der Waals surface area contributed by atoms with E-state index in [2.05, 4.69) is 27.0 Å². The number of fused-ring (bicyclic) bond motifs is 1. The first-order chi connectivity index (χ1) is 9.24. The molecule has 0 spiro atoms. The molecule has 100 valence electrons. The van der Waals surface area contributed by atoms with Gasteiger partial charge in [0.1, 0.15) is 12.1 Å². The van der Waals surface area contributed by atoms with Gasteiger partial charge in [0.25, 0.3) is 0 Å². The molecule has 1 aliphatic carbocycles. The quantitative estimate of drug-likeness (QED) is 0.856. The van der Waals surface area contributed by atoms with E-state index in [1.807, 2.05) is 19.3 Å². The number of hydrogen-bond acceptors (Lipinski definition) is 4. The Morgan fingerprint density at radius 2 is 2.21 bits per heavy atom. The fourth-order valence-corrected chi connectivity index (χ4v) is 3.02. The van der Waals surface area contributed by atoms with Gasteiger partial charge in [0.15, 0.2) is 5.65 Å². The first-order valence-corrected chi connectivity index (χ1v) is 6.76. The van der Waals surface area contributed by atoms with Crippen molar-refractivity contribution in [2.75, 3.05) is 5.32 Å². The summed E-state index contributed by atoms with van der Waals surface area (Å²) in [5.41, 5.74) is 0.975. The maximum Gasteiger partial charge on any atom is 0.163 e. The monoisotopic (exact) mass is 257 g/mol. The predicted octanol–water partition coefficient (Wildman–Crippen LogP) is 2.66. The number of aryl methyl sites for hydroxylation is 1. The Kier molecular flexibility index (Phi) is 2.97. The summed E-state index contributed by atoms with van der Waals surface area (Å²) in [6.45, 7) is 3.89. The number of rotatable bonds is 4. The number of anilines is 1. The summed E-state index contributed by atoms with van der Waals surface area (Å²) in [4.78, 5) is 8.68. The first kappa shape index (κ1) is 12.1. The lowest BCUT2D eigenvalue weighted by Crippen LogP contribution is -2.34. The van der Waals surface area contributed by atoms with Gasteiger partial charge in [-0.2, -0.15) is 5.10 Å². The van der Waals surface area contributed by atoms with Crippen LogP contribution in [-0.4, -0.2) is 25.3 Å². The summed E-state index contributed by atoms with van der Waals surface area (Å²) in [5, 5.41) is 8.88. The fourth-order valence-electron chi connectivity index (χ4n) is 3.02. The van der Waals surface area contributed by atoms with Crippen molar-refractivity contribution in [3.63, 3.8) is 0 Å². The van der Waals surface area contributed by atoms with E-state index in [1.54, 1.807) is 11.0 Å². The zero-order valence-electron chi connectivity index (χ0n) is 11.3. The van der Waals surface area contributed by atoms with Gasteiger partial charge in [-0.05, 0) is 19.3 Å². The number of hydrogen-bond donors (Lipinski definition) is 1. The van der Waals surface area contributed by atoms with Gasteiger partial charge in [-0.25, -0.2) is 9.97 Å². The van der Waals surface area contributed by atoms with Crippen LogP contribution in [0, 0.1) is 0 Å². The number of nitrogens with zero attached hydrogens (tertiary/aromatic N) is 4. The third-order valence-corrected chi connectivity index (χ3v) is 4.01. The maximum atomic E-state index is 4.40. The Labute approximate surface area is 112 Å². The van der Waals surface area contributed by atoms with Gasteiger partial charge >= 0.3 is 0 Å². The van der Waals surface area contributed by atoms with E-state index in [1.165, 1.54) is 25.7 Å². The van der Waals surface area contributed by atoms with Gasteiger partial charge < -0.3 is 5.32 Å². The van der Waals surface area contributed by atoms with Crippen LogP contribution < -0.4 is 5.32 Å². The van der Waals surface area contributed by atoms with E-state index in [-0.39, 0.29) is 5.54 Å². The molecule has 0 amide bonds. The van der Waals surface area contributed by atoms with Gasteiger partial charge in [-0.1, -0.05) is 18.9 Å². The van der Waals surface area contributed by atoms with Gasteiger partial charge in [0.2, 0.25) is 0 Å². The molecule has 0 aromatic carbocycles. The van der Waals surface area contributed by atoms with Gasteiger partial charge in [-0.3, -0.25) is 4.68 Å². The number of nitrogens with one attached hydrogen (secondary N) is 1. The van der Waals surface area contributed by atoms with E-state index >= 15 is 0 Å². The maximum absolute atomic E-state index is 4.40. The molecule has 0 aliphatic heterocycles. The average Bonchev–Trinajstić information content (AvgIpc) is 2.99.